The van der Waals surface area contributed by atoms with Crippen LogP contribution in [0.15, 0.2) is 11.6 Å². The van der Waals surface area contributed by atoms with Crippen molar-refractivity contribution in [3.8, 4) is 0 Å². The molecule has 4 aliphatic rings. The highest BCUT2D eigenvalue weighted by atomic mass is 16.3. The molecule has 3 unspecified atom stereocenters. The number of allylic oxidation sites excluding steroid dienone is 1. The Morgan fingerprint density at radius 3 is 2.47 bits per heavy atom. The van der Waals surface area contributed by atoms with Crippen molar-refractivity contribution in [3.05, 3.63) is 11.6 Å². The van der Waals surface area contributed by atoms with Crippen LogP contribution in [-0.4, -0.2) is 11.2 Å². The summed E-state index contributed by atoms with van der Waals surface area (Å²) >= 11 is 0. The van der Waals surface area contributed by atoms with E-state index in [2.05, 4.69) is 47.6 Å². The molecule has 0 aliphatic heterocycles. The molecule has 3 saturated carbocycles. The second-order valence-corrected chi connectivity index (χ2v) is 12.9. The molecule has 172 valence electrons. The summed E-state index contributed by atoms with van der Waals surface area (Å²) in [6.45, 7) is 15.1. The van der Waals surface area contributed by atoms with Crippen molar-refractivity contribution < 1.29 is 5.11 Å². The first-order valence-electron chi connectivity index (χ1n) is 13.6. The largest absolute Gasteiger partial charge is 0.393 e. The normalized spacial score (nSPS) is 45.3. The second-order valence-electron chi connectivity index (χ2n) is 12.9. The first kappa shape index (κ1) is 22.9. The molecule has 4 aliphatic carbocycles. The van der Waals surface area contributed by atoms with Gasteiger partial charge in [-0.1, -0.05) is 66.0 Å². The molecule has 1 nitrogen and oxygen atoms in total. The lowest BCUT2D eigenvalue weighted by atomic mass is 9.47. The molecule has 0 bridgehead atoms. The number of fused-ring (bicyclic) bond motifs is 5. The van der Waals surface area contributed by atoms with Crippen LogP contribution in [0.1, 0.15) is 112 Å². The Morgan fingerprint density at radius 2 is 1.77 bits per heavy atom. The summed E-state index contributed by atoms with van der Waals surface area (Å²) in [5, 5.41) is 10.2. The summed E-state index contributed by atoms with van der Waals surface area (Å²) < 4.78 is 0. The van der Waals surface area contributed by atoms with E-state index in [0.717, 1.165) is 54.3 Å². The molecule has 1 heteroatoms. The zero-order valence-corrected chi connectivity index (χ0v) is 20.9. The van der Waals surface area contributed by atoms with Gasteiger partial charge in [0.1, 0.15) is 0 Å². The van der Waals surface area contributed by atoms with Crippen molar-refractivity contribution in [1.29, 1.82) is 0 Å². The highest BCUT2D eigenvalue weighted by Gasteiger charge is 2.59. The van der Waals surface area contributed by atoms with Crippen molar-refractivity contribution >= 4 is 0 Å². The zero-order valence-electron chi connectivity index (χ0n) is 20.9. The lowest BCUT2D eigenvalue weighted by Crippen LogP contribution is -2.50. The Morgan fingerprint density at radius 1 is 1.00 bits per heavy atom. The van der Waals surface area contributed by atoms with Gasteiger partial charge < -0.3 is 5.11 Å². The summed E-state index contributed by atoms with van der Waals surface area (Å²) in [5.74, 6) is 6.31. The van der Waals surface area contributed by atoms with Crippen molar-refractivity contribution in [1.82, 2.24) is 0 Å². The van der Waals surface area contributed by atoms with E-state index in [0.29, 0.717) is 10.8 Å². The minimum Gasteiger partial charge on any atom is -0.393 e. The van der Waals surface area contributed by atoms with Crippen molar-refractivity contribution in [2.24, 2.45) is 52.3 Å². The van der Waals surface area contributed by atoms with Gasteiger partial charge >= 0.3 is 0 Å². The number of hydrogen-bond donors (Lipinski definition) is 1. The fraction of sp³-hybridized carbons (Fsp3) is 0.931. The molecule has 0 aromatic heterocycles. The van der Waals surface area contributed by atoms with Gasteiger partial charge in [0.15, 0.2) is 0 Å². The Hall–Kier alpha value is -0.300. The monoisotopic (exact) mass is 414 g/mol. The van der Waals surface area contributed by atoms with E-state index in [-0.39, 0.29) is 6.10 Å². The van der Waals surface area contributed by atoms with Gasteiger partial charge in [-0.25, -0.2) is 0 Å². The van der Waals surface area contributed by atoms with Gasteiger partial charge in [-0.05, 0) is 110 Å². The average molecular weight is 415 g/mol. The van der Waals surface area contributed by atoms with Gasteiger partial charge in [-0.3, -0.25) is 0 Å². The van der Waals surface area contributed by atoms with Crippen LogP contribution in [0.25, 0.3) is 0 Å². The van der Waals surface area contributed by atoms with Crippen LogP contribution in [0, 0.1) is 52.3 Å². The molecule has 30 heavy (non-hydrogen) atoms. The highest BCUT2D eigenvalue weighted by molar-refractivity contribution is 5.25. The van der Waals surface area contributed by atoms with Crippen LogP contribution in [0.5, 0.6) is 0 Å². The summed E-state index contributed by atoms with van der Waals surface area (Å²) in [7, 11) is 0. The van der Waals surface area contributed by atoms with Crippen molar-refractivity contribution in [2.75, 3.05) is 0 Å². The lowest BCUT2D eigenvalue weighted by Gasteiger charge is -2.58. The molecule has 0 aromatic rings. The molecule has 9 atom stereocenters. The van der Waals surface area contributed by atoms with Gasteiger partial charge in [0.25, 0.3) is 0 Å². The molecule has 4 rings (SSSR count). The van der Waals surface area contributed by atoms with Gasteiger partial charge in [-0.15, -0.1) is 0 Å². The zero-order chi connectivity index (χ0) is 21.7. The Bertz CT molecular complexity index is 634. The molecule has 0 heterocycles. The van der Waals surface area contributed by atoms with E-state index in [1.165, 1.54) is 57.8 Å². The van der Waals surface area contributed by atoms with Crippen LogP contribution in [0.2, 0.25) is 0 Å². The molecule has 0 saturated heterocycles. The third-order valence-corrected chi connectivity index (χ3v) is 11.3. The first-order valence-corrected chi connectivity index (χ1v) is 13.6. The fourth-order valence-corrected chi connectivity index (χ4v) is 9.30. The summed E-state index contributed by atoms with van der Waals surface area (Å²) in [4.78, 5) is 0. The predicted octanol–water partition coefficient (Wildman–Crippen LogP) is 8.02. The van der Waals surface area contributed by atoms with Crippen LogP contribution in [0.3, 0.4) is 0 Å². The van der Waals surface area contributed by atoms with Gasteiger partial charge in [0.2, 0.25) is 0 Å². The molecule has 0 radical (unpaired) electrons. The molecule has 0 spiro atoms. The van der Waals surface area contributed by atoms with Crippen LogP contribution >= 0.6 is 0 Å². The van der Waals surface area contributed by atoms with Gasteiger partial charge in [-0.2, -0.15) is 0 Å². The second kappa shape index (κ2) is 8.57. The number of aliphatic hydroxyl groups excluding tert-OH is 1. The van der Waals surface area contributed by atoms with E-state index in [1.807, 2.05) is 0 Å². The Balaban J connectivity index is 1.47. The standard InChI is InChI=1S/C29H50O/c1-7-21(19(2)3)9-8-20(4)25-12-13-26-24-11-10-22-18-23(30)14-16-28(22,5)27(24)15-17-29(25,26)6/h10,19-21,23-27,30H,7-9,11-18H2,1-6H3/t20-,21?,23?,24-,25?,26-,27-,28-,29+/m0/s1. The lowest BCUT2D eigenvalue weighted by molar-refractivity contribution is -0.0575. The molecule has 0 amide bonds. The third-order valence-electron chi connectivity index (χ3n) is 11.3. The Labute approximate surface area is 187 Å². The van der Waals surface area contributed by atoms with Crippen molar-refractivity contribution in [2.45, 2.75) is 118 Å². The van der Waals surface area contributed by atoms with Crippen LogP contribution in [0.4, 0.5) is 0 Å². The number of hydrogen-bond acceptors (Lipinski definition) is 1. The van der Waals surface area contributed by atoms with Gasteiger partial charge in [0, 0.05) is 0 Å². The van der Waals surface area contributed by atoms with Crippen LogP contribution in [-0.2, 0) is 0 Å². The quantitative estimate of drug-likeness (QED) is 0.436. The maximum Gasteiger partial charge on any atom is 0.0577 e. The summed E-state index contributed by atoms with van der Waals surface area (Å²) in [5.41, 5.74) is 2.59. The molecule has 0 aromatic carbocycles. The average Bonchev–Trinajstić information content (AvgIpc) is 3.06. The van der Waals surface area contributed by atoms with E-state index < -0.39 is 0 Å². The highest BCUT2D eigenvalue weighted by Crippen LogP contribution is 2.67. The van der Waals surface area contributed by atoms with Crippen LogP contribution < -0.4 is 0 Å². The van der Waals surface area contributed by atoms with E-state index in [4.69, 9.17) is 0 Å². The molecule has 1 N–H and O–H groups in total. The molecular formula is C29H50O. The van der Waals surface area contributed by atoms with Crippen molar-refractivity contribution in [3.63, 3.8) is 0 Å². The topological polar surface area (TPSA) is 20.2 Å². The van der Waals surface area contributed by atoms with Gasteiger partial charge in [0.05, 0.1) is 6.10 Å². The number of aliphatic hydroxyl groups is 1. The molecule has 3 fully saturated rings. The maximum absolute atomic E-state index is 10.2. The maximum atomic E-state index is 10.2. The number of rotatable bonds is 6. The smallest absolute Gasteiger partial charge is 0.0577 e. The minimum absolute atomic E-state index is 0.0794. The SMILES string of the molecule is CCC(CC[C@H](C)C1CC[C@H]2[C@@H]3CC=C4CC(O)CC[C@]4(C)[C@H]3CC[C@]12C)C(C)C. The fourth-order valence-electron chi connectivity index (χ4n) is 9.30. The van der Waals surface area contributed by atoms with E-state index in [9.17, 15) is 5.11 Å². The minimum atomic E-state index is -0.0794. The third kappa shape index (κ3) is 3.74. The first-order chi connectivity index (χ1) is 14.2. The van der Waals surface area contributed by atoms with E-state index >= 15 is 0 Å². The van der Waals surface area contributed by atoms with E-state index in [1.54, 1.807) is 5.57 Å². The Kier molecular flexibility index (Phi) is 6.53. The summed E-state index contributed by atoms with van der Waals surface area (Å²) in [6, 6.07) is 0. The predicted molar refractivity (Wildman–Crippen MR) is 128 cm³/mol. The molecular weight excluding hydrogens is 364 g/mol. The summed E-state index contributed by atoms with van der Waals surface area (Å²) in [6.07, 6.45) is 17.1.